The minimum atomic E-state index is -0.806. The maximum Gasteiger partial charge on any atom is 0.313 e. The Bertz CT molecular complexity index is 639. The van der Waals surface area contributed by atoms with Crippen molar-refractivity contribution in [1.82, 2.24) is 4.98 Å². The number of halogens is 1. The first-order valence-electron chi connectivity index (χ1n) is 5.26. The van der Waals surface area contributed by atoms with Crippen LogP contribution in [0.1, 0.15) is 10.4 Å². The number of fused-ring (bicyclic) bond motifs is 3. The standard InChI is InChI=1S/C12H8BrNO2S2/c13-7-1-2-8-6(3-7)4-9-11(8)14-12(18-9)17-5-10(15)16/h1-3H,4-5H2,(H,15,16). The molecule has 0 amide bonds. The van der Waals surface area contributed by atoms with Gasteiger partial charge in [0.25, 0.3) is 0 Å². The summed E-state index contributed by atoms with van der Waals surface area (Å²) in [7, 11) is 0. The number of hydrogen-bond donors (Lipinski definition) is 1. The molecule has 1 aliphatic rings. The van der Waals surface area contributed by atoms with Crippen LogP contribution in [0.2, 0.25) is 0 Å². The number of carboxylic acid groups (broad SMARTS) is 1. The topological polar surface area (TPSA) is 50.2 Å². The quantitative estimate of drug-likeness (QED) is 0.738. The Labute approximate surface area is 120 Å². The molecule has 0 aliphatic heterocycles. The highest BCUT2D eigenvalue weighted by molar-refractivity contribution is 9.10. The Hall–Kier alpha value is -0.850. The van der Waals surface area contributed by atoms with Gasteiger partial charge in [-0.15, -0.1) is 11.3 Å². The van der Waals surface area contributed by atoms with Gasteiger partial charge in [-0.05, 0) is 17.7 Å². The van der Waals surface area contributed by atoms with Crippen LogP contribution in [0.5, 0.6) is 0 Å². The van der Waals surface area contributed by atoms with Crippen LogP contribution in [0.3, 0.4) is 0 Å². The van der Waals surface area contributed by atoms with Gasteiger partial charge in [0.05, 0.1) is 11.4 Å². The van der Waals surface area contributed by atoms with Crippen molar-refractivity contribution < 1.29 is 9.90 Å². The fraction of sp³-hybridized carbons (Fsp3) is 0.167. The summed E-state index contributed by atoms with van der Waals surface area (Å²) in [4.78, 5) is 16.3. The summed E-state index contributed by atoms with van der Waals surface area (Å²) in [6, 6.07) is 6.20. The largest absolute Gasteiger partial charge is 0.481 e. The first kappa shape index (κ1) is 12.2. The summed E-state index contributed by atoms with van der Waals surface area (Å²) in [5, 5.41) is 8.66. The van der Waals surface area contributed by atoms with Gasteiger partial charge >= 0.3 is 5.97 Å². The second kappa shape index (κ2) is 4.68. The van der Waals surface area contributed by atoms with Gasteiger partial charge in [-0.1, -0.05) is 33.8 Å². The van der Waals surface area contributed by atoms with Gasteiger partial charge < -0.3 is 5.11 Å². The van der Waals surface area contributed by atoms with Crippen LogP contribution < -0.4 is 0 Å². The predicted octanol–water partition coefficient (Wildman–Crippen LogP) is 3.65. The molecule has 3 nitrogen and oxygen atoms in total. The molecule has 0 radical (unpaired) electrons. The zero-order valence-electron chi connectivity index (χ0n) is 9.14. The van der Waals surface area contributed by atoms with Gasteiger partial charge in [0, 0.05) is 21.3 Å². The number of hydrogen-bond acceptors (Lipinski definition) is 4. The number of rotatable bonds is 3. The summed E-state index contributed by atoms with van der Waals surface area (Å²) in [6.07, 6.45) is 0.898. The van der Waals surface area contributed by atoms with Crippen LogP contribution >= 0.6 is 39.0 Å². The summed E-state index contributed by atoms with van der Waals surface area (Å²) >= 11 is 6.36. The molecule has 0 atom stereocenters. The van der Waals surface area contributed by atoms with E-state index in [9.17, 15) is 4.79 Å². The van der Waals surface area contributed by atoms with Crippen LogP contribution in [0.4, 0.5) is 0 Å². The highest BCUT2D eigenvalue weighted by Gasteiger charge is 2.23. The van der Waals surface area contributed by atoms with E-state index in [1.54, 1.807) is 11.3 Å². The molecule has 0 bridgehead atoms. The smallest absolute Gasteiger partial charge is 0.313 e. The summed E-state index contributed by atoms with van der Waals surface area (Å²) in [5.74, 6) is -0.737. The van der Waals surface area contributed by atoms with E-state index in [4.69, 9.17) is 5.11 Å². The third-order valence-corrected chi connectivity index (χ3v) is 5.35. The van der Waals surface area contributed by atoms with E-state index in [2.05, 4.69) is 33.0 Å². The lowest BCUT2D eigenvalue weighted by Gasteiger charge is -1.99. The van der Waals surface area contributed by atoms with Gasteiger partial charge in [-0.25, -0.2) is 4.98 Å². The number of thioether (sulfide) groups is 1. The maximum atomic E-state index is 10.5. The van der Waals surface area contributed by atoms with Crippen molar-refractivity contribution >= 4 is 45.0 Å². The second-order valence-electron chi connectivity index (χ2n) is 3.91. The van der Waals surface area contributed by atoms with Gasteiger partial charge in [-0.2, -0.15) is 0 Å². The van der Waals surface area contributed by atoms with E-state index in [0.717, 1.165) is 20.9 Å². The van der Waals surface area contributed by atoms with Crippen LogP contribution in [0.25, 0.3) is 11.3 Å². The van der Waals surface area contributed by atoms with Crippen molar-refractivity contribution in [2.45, 2.75) is 10.8 Å². The molecule has 1 heterocycles. The lowest BCUT2D eigenvalue weighted by atomic mass is 10.1. The number of benzene rings is 1. The van der Waals surface area contributed by atoms with Gasteiger partial charge in [0.15, 0.2) is 4.34 Å². The molecule has 1 N–H and O–H groups in total. The number of carbonyl (C=O) groups is 1. The monoisotopic (exact) mass is 341 g/mol. The predicted molar refractivity (Wildman–Crippen MR) is 76.4 cm³/mol. The lowest BCUT2D eigenvalue weighted by molar-refractivity contribution is -0.133. The Morgan fingerprint density at radius 3 is 3.17 bits per heavy atom. The average Bonchev–Trinajstić information content (AvgIpc) is 2.82. The number of aliphatic carboxylic acids is 1. The molecular formula is C12H8BrNO2S2. The molecule has 6 heteroatoms. The Kier molecular flexibility index (Phi) is 3.17. The van der Waals surface area contributed by atoms with Crippen LogP contribution in [-0.4, -0.2) is 21.8 Å². The molecule has 18 heavy (non-hydrogen) atoms. The molecule has 2 aromatic rings. The van der Waals surface area contributed by atoms with E-state index in [-0.39, 0.29) is 5.75 Å². The Morgan fingerprint density at radius 1 is 1.56 bits per heavy atom. The van der Waals surface area contributed by atoms with Crippen molar-refractivity contribution in [3.63, 3.8) is 0 Å². The van der Waals surface area contributed by atoms with Crippen molar-refractivity contribution in [3.05, 3.63) is 33.1 Å². The first-order chi connectivity index (χ1) is 8.63. The van der Waals surface area contributed by atoms with Crippen molar-refractivity contribution in [3.8, 4) is 11.3 Å². The molecule has 0 spiro atoms. The van der Waals surface area contributed by atoms with Gasteiger partial charge in [0.1, 0.15) is 0 Å². The molecule has 92 valence electrons. The highest BCUT2D eigenvalue weighted by atomic mass is 79.9. The zero-order valence-corrected chi connectivity index (χ0v) is 12.4. The molecule has 1 aromatic carbocycles. The van der Waals surface area contributed by atoms with Gasteiger partial charge in [-0.3, -0.25) is 4.79 Å². The molecule has 0 fully saturated rings. The fourth-order valence-corrected chi connectivity index (χ4v) is 4.31. The SMILES string of the molecule is O=C(O)CSc1nc2c(s1)Cc1cc(Br)ccc1-2. The van der Waals surface area contributed by atoms with Crippen molar-refractivity contribution in [1.29, 1.82) is 0 Å². The van der Waals surface area contributed by atoms with Crippen molar-refractivity contribution in [2.24, 2.45) is 0 Å². The molecule has 0 unspecified atom stereocenters. The van der Waals surface area contributed by atoms with E-state index < -0.39 is 5.97 Å². The molecule has 3 rings (SSSR count). The van der Waals surface area contributed by atoms with Crippen LogP contribution in [-0.2, 0) is 11.2 Å². The molecule has 0 saturated heterocycles. The minimum absolute atomic E-state index is 0.0690. The first-order valence-corrected chi connectivity index (χ1v) is 7.86. The highest BCUT2D eigenvalue weighted by Crippen LogP contribution is 2.42. The van der Waals surface area contributed by atoms with E-state index in [1.165, 1.54) is 27.8 Å². The number of aromatic nitrogens is 1. The summed E-state index contributed by atoms with van der Waals surface area (Å²) in [6.45, 7) is 0. The van der Waals surface area contributed by atoms with E-state index in [0.29, 0.717) is 0 Å². The lowest BCUT2D eigenvalue weighted by Crippen LogP contribution is -1.97. The molecule has 1 aromatic heterocycles. The van der Waals surface area contributed by atoms with Crippen LogP contribution in [0, 0.1) is 0 Å². The third kappa shape index (κ3) is 2.20. The normalized spacial score (nSPS) is 12.3. The molecular weight excluding hydrogens is 334 g/mol. The number of thiazole rings is 1. The third-order valence-electron chi connectivity index (χ3n) is 2.67. The number of nitrogens with zero attached hydrogens (tertiary/aromatic N) is 1. The minimum Gasteiger partial charge on any atom is -0.481 e. The Morgan fingerprint density at radius 2 is 2.39 bits per heavy atom. The van der Waals surface area contributed by atoms with E-state index >= 15 is 0 Å². The summed E-state index contributed by atoms with van der Waals surface area (Å²) in [5.41, 5.74) is 3.48. The average molecular weight is 342 g/mol. The maximum absolute atomic E-state index is 10.5. The van der Waals surface area contributed by atoms with Gasteiger partial charge in [0.2, 0.25) is 0 Å². The molecule has 1 aliphatic carbocycles. The fourth-order valence-electron chi connectivity index (χ4n) is 1.96. The van der Waals surface area contributed by atoms with Crippen LogP contribution in [0.15, 0.2) is 27.0 Å². The summed E-state index contributed by atoms with van der Waals surface area (Å²) < 4.78 is 1.92. The van der Waals surface area contributed by atoms with Crippen molar-refractivity contribution in [2.75, 3.05) is 5.75 Å². The molecule has 0 saturated carbocycles. The van der Waals surface area contributed by atoms with E-state index in [1.807, 2.05) is 6.07 Å². The number of carboxylic acids is 1. The second-order valence-corrected chi connectivity index (χ2v) is 7.13. The Balaban J connectivity index is 1.91. The zero-order chi connectivity index (χ0) is 12.7.